The van der Waals surface area contributed by atoms with Crippen molar-refractivity contribution in [2.45, 2.75) is 6.92 Å². The normalized spacial score (nSPS) is 10.2. The first-order chi connectivity index (χ1) is 6.29. The number of nitrogens with two attached hydrogens (primary N) is 1. The largest absolute Gasteiger partial charge is 0.397 e. The van der Waals surface area contributed by atoms with Gasteiger partial charge in [0, 0.05) is 11.6 Å². The molecular formula is C9H9N3S. The summed E-state index contributed by atoms with van der Waals surface area (Å²) in [5, 5.41) is 1.92. The van der Waals surface area contributed by atoms with Gasteiger partial charge in [-0.05, 0) is 36.2 Å². The summed E-state index contributed by atoms with van der Waals surface area (Å²) in [6.45, 7) is 1.97. The number of aromatic nitrogens is 2. The third-order valence-electron chi connectivity index (χ3n) is 1.89. The molecule has 3 nitrogen and oxygen atoms in total. The van der Waals surface area contributed by atoms with Gasteiger partial charge in [-0.1, -0.05) is 0 Å². The van der Waals surface area contributed by atoms with Crippen LogP contribution in [-0.2, 0) is 0 Å². The molecule has 0 saturated carbocycles. The van der Waals surface area contributed by atoms with Gasteiger partial charge in [0.25, 0.3) is 0 Å². The van der Waals surface area contributed by atoms with Crippen molar-refractivity contribution in [1.29, 1.82) is 0 Å². The zero-order valence-electron chi connectivity index (χ0n) is 7.19. The van der Waals surface area contributed by atoms with Crippen LogP contribution >= 0.6 is 11.5 Å². The van der Waals surface area contributed by atoms with Crippen LogP contribution < -0.4 is 5.73 Å². The molecule has 0 bridgehead atoms. The van der Waals surface area contributed by atoms with E-state index in [1.54, 1.807) is 6.20 Å². The molecule has 0 atom stereocenters. The quantitative estimate of drug-likeness (QED) is 0.751. The molecule has 0 unspecified atom stereocenters. The molecule has 0 aliphatic heterocycles. The molecule has 4 heteroatoms. The van der Waals surface area contributed by atoms with Crippen molar-refractivity contribution < 1.29 is 0 Å². The summed E-state index contributed by atoms with van der Waals surface area (Å²) >= 11 is 1.40. The fourth-order valence-electron chi connectivity index (χ4n) is 1.11. The third kappa shape index (κ3) is 1.40. The van der Waals surface area contributed by atoms with Gasteiger partial charge < -0.3 is 5.73 Å². The highest BCUT2D eigenvalue weighted by Gasteiger charge is 2.06. The van der Waals surface area contributed by atoms with E-state index in [2.05, 4.69) is 9.36 Å². The Kier molecular flexibility index (Phi) is 1.98. The second-order valence-corrected chi connectivity index (χ2v) is 3.44. The second kappa shape index (κ2) is 3.14. The summed E-state index contributed by atoms with van der Waals surface area (Å²) in [4.78, 5) is 4.20. The van der Waals surface area contributed by atoms with Gasteiger partial charge in [0.1, 0.15) is 11.4 Å². The highest BCUT2D eigenvalue weighted by molar-refractivity contribution is 7.03. The molecule has 66 valence electrons. The van der Waals surface area contributed by atoms with Crippen LogP contribution in [0.25, 0.3) is 11.4 Å². The summed E-state index contributed by atoms with van der Waals surface area (Å²) < 4.78 is 4.19. The van der Waals surface area contributed by atoms with Crippen molar-refractivity contribution in [3.63, 3.8) is 0 Å². The fourth-order valence-corrected chi connectivity index (χ4v) is 1.62. The van der Waals surface area contributed by atoms with Gasteiger partial charge in [-0.15, -0.1) is 0 Å². The van der Waals surface area contributed by atoms with E-state index >= 15 is 0 Å². The van der Waals surface area contributed by atoms with Crippen molar-refractivity contribution >= 4 is 17.2 Å². The number of hydrogen-bond donors (Lipinski definition) is 1. The molecule has 2 heterocycles. The molecule has 0 fully saturated rings. The van der Waals surface area contributed by atoms with Crippen LogP contribution in [0.2, 0.25) is 0 Å². The van der Waals surface area contributed by atoms with Crippen molar-refractivity contribution in [2.75, 3.05) is 5.73 Å². The van der Waals surface area contributed by atoms with Gasteiger partial charge >= 0.3 is 0 Å². The maximum atomic E-state index is 5.88. The molecule has 0 amide bonds. The Labute approximate surface area is 80.4 Å². The Morgan fingerprint density at radius 1 is 1.38 bits per heavy atom. The average Bonchev–Trinajstić information content (AvgIpc) is 2.62. The number of rotatable bonds is 1. The van der Waals surface area contributed by atoms with Crippen LogP contribution in [0.15, 0.2) is 23.7 Å². The van der Waals surface area contributed by atoms with Crippen molar-refractivity contribution in [3.05, 3.63) is 29.3 Å². The van der Waals surface area contributed by atoms with Crippen LogP contribution in [-0.4, -0.2) is 9.36 Å². The van der Waals surface area contributed by atoms with Crippen LogP contribution in [0, 0.1) is 6.92 Å². The lowest BCUT2D eigenvalue weighted by molar-refractivity contribution is 1.27. The first-order valence-corrected chi connectivity index (χ1v) is 4.74. The first-order valence-electron chi connectivity index (χ1n) is 3.91. The molecule has 0 spiro atoms. The summed E-state index contributed by atoms with van der Waals surface area (Å²) in [7, 11) is 0. The standard InChI is InChI=1S/C9H9N3S/c1-6-2-4-11-9(8(6)10)7-3-5-13-12-7/h2-5H,10H2,1H3. The lowest BCUT2D eigenvalue weighted by Crippen LogP contribution is -1.95. The Bertz CT molecular complexity index is 409. The molecule has 0 aliphatic rings. The molecular weight excluding hydrogens is 182 g/mol. The molecule has 2 aromatic rings. The summed E-state index contributed by atoms with van der Waals surface area (Å²) in [6, 6.07) is 3.81. The third-order valence-corrected chi connectivity index (χ3v) is 2.45. The molecule has 2 aromatic heterocycles. The van der Waals surface area contributed by atoms with Crippen molar-refractivity contribution in [1.82, 2.24) is 9.36 Å². The zero-order chi connectivity index (χ0) is 9.26. The number of hydrogen-bond acceptors (Lipinski definition) is 4. The summed E-state index contributed by atoms with van der Waals surface area (Å²) in [5.74, 6) is 0. The Balaban J connectivity index is 2.59. The second-order valence-electron chi connectivity index (χ2n) is 2.77. The number of nitrogens with zero attached hydrogens (tertiary/aromatic N) is 2. The lowest BCUT2D eigenvalue weighted by atomic mass is 10.1. The van der Waals surface area contributed by atoms with E-state index in [0.29, 0.717) is 5.69 Å². The van der Waals surface area contributed by atoms with Crippen molar-refractivity contribution in [2.24, 2.45) is 0 Å². The van der Waals surface area contributed by atoms with E-state index < -0.39 is 0 Å². The molecule has 0 saturated heterocycles. The SMILES string of the molecule is Cc1ccnc(-c2ccsn2)c1N. The Morgan fingerprint density at radius 2 is 2.23 bits per heavy atom. The topological polar surface area (TPSA) is 51.8 Å². The van der Waals surface area contributed by atoms with E-state index in [1.807, 2.05) is 24.4 Å². The lowest BCUT2D eigenvalue weighted by Gasteiger charge is -2.03. The van der Waals surface area contributed by atoms with Gasteiger partial charge in [-0.25, -0.2) is 0 Å². The number of nitrogen functional groups attached to an aromatic ring is 1. The minimum atomic E-state index is 0.716. The van der Waals surface area contributed by atoms with Gasteiger partial charge in [0.2, 0.25) is 0 Å². The van der Waals surface area contributed by atoms with Gasteiger partial charge in [0.15, 0.2) is 0 Å². The summed E-state index contributed by atoms with van der Waals surface area (Å²) in [5.41, 5.74) is 9.26. The fraction of sp³-hybridized carbons (Fsp3) is 0.111. The predicted molar refractivity (Wildman–Crippen MR) is 54.5 cm³/mol. The van der Waals surface area contributed by atoms with Crippen molar-refractivity contribution in [3.8, 4) is 11.4 Å². The van der Waals surface area contributed by atoms with Crippen LogP contribution in [0.3, 0.4) is 0 Å². The van der Waals surface area contributed by atoms with Gasteiger partial charge in [0.05, 0.1) is 5.69 Å². The smallest absolute Gasteiger partial charge is 0.113 e. The van der Waals surface area contributed by atoms with E-state index in [9.17, 15) is 0 Å². The molecule has 2 rings (SSSR count). The predicted octanol–water partition coefficient (Wildman–Crippen LogP) is 2.10. The maximum absolute atomic E-state index is 5.88. The van der Waals surface area contributed by atoms with Crippen LogP contribution in [0.4, 0.5) is 5.69 Å². The molecule has 13 heavy (non-hydrogen) atoms. The molecule has 2 N–H and O–H groups in total. The van der Waals surface area contributed by atoms with E-state index in [0.717, 1.165) is 17.0 Å². The molecule has 0 aliphatic carbocycles. The minimum absolute atomic E-state index is 0.716. The Hall–Kier alpha value is -1.42. The van der Waals surface area contributed by atoms with E-state index in [4.69, 9.17) is 5.73 Å². The van der Waals surface area contributed by atoms with E-state index in [1.165, 1.54) is 11.5 Å². The number of anilines is 1. The molecule has 0 radical (unpaired) electrons. The maximum Gasteiger partial charge on any atom is 0.113 e. The minimum Gasteiger partial charge on any atom is -0.397 e. The highest BCUT2D eigenvalue weighted by atomic mass is 32.1. The van der Waals surface area contributed by atoms with Crippen LogP contribution in [0.5, 0.6) is 0 Å². The van der Waals surface area contributed by atoms with Gasteiger partial charge in [-0.2, -0.15) is 4.37 Å². The van der Waals surface area contributed by atoms with Crippen LogP contribution in [0.1, 0.15) is 5.56 Å². The zero-order valence-corrected chi connectivity index (χ0v) is 8.01. The number of aryl methyl sites for hydroxylation is 1. The highest BCUT2D eigenvalue weighted by Crippen LogP contribution is 2.24. The molecule has 0 aromatic carbocycles. The monoisotopic (exact) mass is 191 g/mol. The Morgan fingerprint density at radius 3 is 2.92 bits per heavy atom. The summed E-state index contributed by atoms with van der Waals surface area (Å²) in [6.07, 6.45) is 1.75. The van der Waals surface area contributed by atoms with E-state index in [-0.39, 0.29) is 0 Å². The number of pyridine rings is 1. The first kappa shape index (κ1) is 8.19. The van der Waals surface area contributed by atoms with Gasteiger partial charge in [-0.3, -0.25) is 4.98 Å². The average molecular weight is 191 g/mol.